The van der Waals surface area contributed by atoms with Gasteiger partial charge >= 0.3 is 5.97 Å². The highest BCUT2D eigenvalue weighted by Crippen LogP contribution is 2.23. The summed E-state index contributed by atoms with van der Waals surface area (Å²) in [5.41, 5.74) is 5.92. The maximum atomic E-state index is 12.1. The van der Waals surface area contributed by atoms with Crippen LogP contribution < -0.4 is 21.7 Å². The molecule has 1 aromatic carbocycles. The highest BCUT2D eigenvalue weighted by Gasteiger charge is 2.33. The quantitative estimate of drug-likeness (QED) is 0.147. The molecule has 0 aliphatic carbocycles. The van der Waals surface area contributed by atoms with Crippen molar-refractivity contribution in [1.82, 2.24) is 15.3 Å². The van der Waals surface area contributed by atoms with Crippen molar-refractivity contribution in [2.75, 3.05) is 23.7 Å². The fraction of sp³-hybridized carbons (Fsp3) is 0.462. The van der Waals surface area contributed by atoms with Gasteiger partial charge in [-0.25, -0.2) is 4.98 Å². The van der Waals surface area contributed by atoms with E-state index in [0.29, 0.717) is 61.4 Å². The third-order valence-electron chi connectivity index (χ3n) is 6.20. The van der Waals surface area contributed by atoms with Crippen molar-refractivity contribution < 1.29 is 23.9 Å². The number of nitrogens with one attached hydrogen (secondary N) is 3. The molecular weight excluding hydrogens is 556 g/mol. The van der Waals surface area contributed by atoms with Crippen LogP contribution in [0, 0.1) is 5.41 Å². The van der Waals surface area contributed by atoms with Gasteiger partial charge in [-0.15, -0.1) is 0 Å². The number of hydrogen-bond acceptors (Lipinski definition) is 9. The lowest BCUT2D eigenvalue weighted by Gasteiger charge is -2.19. The van der Waals surface area contributed by atoms with Gasteiger partial charge in [0.05, 0.1) is 4.47 Å². The van der Waals surface area contributed by atoms with Gasteiger partial charge in [-0.3, -0.25) is 19.2 Å². The Kier molecular flexibility index (Phi) is 10.2. The summed E-state index contributed by atoms with van der Waals surface area (Å²) in [5, 5.41) is 9.09. The summed E-state index contributed by atoms with van der Waals surface area (Å²) in [6.07, 6.45) is 4.32. The molecule has 0 spiro atoms. The molecule has 2 aromatic rings. The zero-order chi connectivity index (χ0) is 27.7. The summed E-state index contributed by atoms with van der Waals surface area (Å²) in [5.74, 6) is -0.374. The van der Waals surface area contributed by atoms with E-state index in [9.17, 15) is 19.2 Å². The maximum Gasteiger partial charge on any atom is 0.306 e. The van der Waals surface area contributed by atoms with Crippen molar-refractivity contribution in [2.24, 2.45) is 11.1 Å². The van der Waals surface area contributed by atoms with Gasteiger partial charge in [0.2, 0.25) is 17.8 Å². The van der Waals surface area contributed by atoms with Crippen LogP contribution in [0.2, 0.25) is 0 Å². The van der Waals surface area contributed by atoms with E-state index < -0.39 is 23.3 Å². The van der Waals surface area contributed by atoms with Crippen molar-refractivity contribution in [2.45, 2.75) is 58.5 Å². The topological polar surface area (TPSA) is 165 Å². The molecule has 1 aromatic heterocycles. The predicted molar refractivity (Wildman–Crippen MR) is 146 cm³/mol. The van der Waals surface area contributed by atoms with Gasteiger partial charge in [0.15, 0.2) is 11.9 Å². The number of cyclic esters (lactones) is 1. The van der Waals surface area contributed by atoms with Crippen molar-refractivity contribution in [3.05, 3.63) is 40.5 Å². The van der Waals surface area contributed by atoms with Crippen LogP contribution in [-0.4, -0.2) is 52.7 Å². The van der Waals surface area contributed by atoms with Crippen molar-refractivity contribution >= 4 is 57.0 Å². The van der Waals surface area contributed by atoms with Gasteiger partial charge in [-0.1, -0.05) is 12.1 Å². The molecule has 1 aliphatic heterocycles. The molecule has 1 saturated heterocycles. The van der Waals surface area contributed by atoms with Gasteiger partial charge < -0.3 is 26.4 Å². The Morgan fingerprint density at radius 3 is 2.55 bits per heavy atom. The molecule has 11 nitrogen and oxygen atoms in total. The minimum atomic E-state index is -1.26. The van der Waals surface area contributed by atoms with Crippen molar-refractivity contribution in [3.63, 3.8) is 0 Å². The van der Waals surface area contributed by atoms with E-state index in [4.69, 9.17) is 10.5 Å². The summed E-state index contributed by atoms with van der Waals surface area (Å²) in [7, 11) is 0. The van der Waals surface area contributed by atoms with Crippen LogP contribution in [0.3, 0.4) is 0 Å². The summed E-state index contributed by atoms with van der Waals surface area (Å²) >= 11 is 3.43. The number of aromatic nitrogens is 2. The van der Waals surface area contributed by atoms with E-state index in [2.05, 4.69) is 41.8 Å². The first-order chi connectivity index (χ1) is 18.1. The highest BCUT2D eigenvalue weighted by atomic mass is 79.9. The second kappa shape index (κ2) is 13.3. The number of nitrogens with zero attached hydrogens (tertiary/aromatic N) is 2. The van der Waals surface area contributed by atoms with E-state index in [1.807, 2.05) is 24.3 Å². The van der Waals surface area contributed by atoms with Crippen LogP contribution in [0.5, 0.6) is 0 Å². The third kappa shape index (κ3) is 8.23. The van der Waals surface area contributed by atoms with E-state index in [-0.39, 0.29) is 11.8 Å². The number of amides is 2. The number of hydrogen-bond donors (Lipinski definition) is 4. The first kappa shape index (κ1) is 29.0. The monoisotopic (exact) mass is 588 g/mol. The average Bonchev–Trinajstić information content (AvgIpc) is 3.32. The molecule has 0 radical (unpaired) electrons. The normalized spacial score (nSPS) is 15.0. The lowest BCUT2D eigenvalue weighted by Crippen LogP contribution is -2.46. The maximum absolute atomic E-state index is 12.1. The number of ether oxygens (including phenoxy) is 1. The highest BCUT2D eigenvalue weighted by molar-refractivity contribution is 9.10. The minimum absolute atomic E-state index is 0.0114. The van der Waals surface area contributed by atoms with Gasteiger partial charge in [0, 0.05) is 44.2 Å². The van der Waals surface area contributed by atoms with E-state index >= 15 is 0 Å². The zero-order valence-electron chi connectivity index (χ0n) is 21.5. The Labute approximate surface area is 229 Å². The number of nitrogens with two attached hydrogens (primary N) is 1. The van der Waals surface area contributed by atoms with Gasteiger partial charge in [-0.2, -0.15) is 4.98 Å². The number of anilines is 3. The van der Waals surface area contributed by atoms with Crippen LogP contribution in [0.25, 0.3) is 0 Å². The number of primary amides is 1. The lowest BCUT2D eigenvalue weighted by atomic mass is 9.91. The summed E-state index contributed by atoms with van der Waals surface area (Å²) in [6.45, 7) is 3.89. The fourth-order valence-electron chi connectivity index (χ4n) is 3.65. The Morgan fingerprint density at radius 1 is 1.16 bits per heavy atom. The van der Waals surface area contributed by atoms with E-state index in [0.717, 1.165) is 17.7 Å². The SMILES string of the molecule is CC(C)(C(N)=O)C(=O)NCCCNc1nc(Nc2ccc(CCCC(=O)[C@@H]3CCC(=O)O3)cc2)ncc1Br. The molecule has 2 heterocycles. The molecule has 0 bridgehead atoms. The molecule has 1 fully saturated rings. The number of rotatable bonds is 14. The molecule has 38 heavy (non-hydrogen) atoms. The zero-order valence-corrected chi connectivity index (χ0v) is 23.1. The number of carbonyl (C=O) groups excluding carboxylic acids is 4. The predicted octanol–water partition coefficient (Wildman–Crippen LogP) is 3.01. The van der Waals surface area contributed by atoms with Crippen molar-refractivity contribution in [3.8, 4) is 0 Å². The van der Waals surface area contributed by atoms with Crippen LogP contribution in [-0.2, 0) is 30.3 Å². The molecular formula is C26H33BrN6O5. The molecule has 1 aliphatic rings. The number of aryl methyl sites for hydroxylation is 1. The van der Waals surface area contributed by atoms with E-state index in [1.54, 1.807) is 6.20 Å². The second-order valence-corrected chi connectivity index (χ2v) is 10.4. The first-order valence-corrected chi connectivity index (χ1v) is 13.3. The Bertz CT molecular complexity index is 1170. The number of carbonyl (C=O) groups is 4. The number of ketones is 1. The molecule has 2 amide bonds. The first-order valence-electron chi connectivity index (χ1n) is 12.5. The largest absolute Gasteiger partial charge is 0.454 e. The number of Topliss-reactive ketones (excluding diaryl/α,β-unsaturated/α-hetero) is 1. The Hall–Kier alpha value is -3.54. The summed E-state index contributed by atoms with van der Waals surface area (Å²) < 4.78 is 5.72. The molecule has 5 N–H and O–H groups in total. The molecule has 12 heteroatoms. The van der Waals surface area contributed by atoms with Crippen LogP contribution in [0.4, 0.5) is 17.5 Å². The number of esters is 1. The molecule has 1 atom stereocenters. The van der Waals surface area contributed by atoms with Crippen LogP contribution >= 0.6 is 15.9 Å². The molecule has 0 saturated carbocycles. The minimum Gasteiger partial charge on any atom is -0.454 e. The second-order valence-electron chi connectivity index (χ2n) is 9.57. The number of benzene rings is 1. The molecule has 0 unspecified atom stereocenters. The molecule has 3 rings (SSSR count). The Morgan fingerprint density at radius 2 is 1.89 bits per heavy atom. The summed E-state index contributed by atoms with van der Waals surface area (Å²) in [6, 6.07) is 7.80. The lowest BCUT2D eigenvalue weighted by molar-refractivity contribution is -0.147. The van der Waals surface area contributed by atoms with Gasteiger partial charge in [0.25, 0.3) is 0 Å². The van der Waals surface area contributed by atoms with Gasteiger partial charge in [-0.05, 0) is 66.7 Å². The van der Waals surface area contributed by atoms with Gasteiger partial charge in [0.1, 0.15) is 11.2 Å². The van der Waals surface area contributed by atoms with Crippen LogP contribution in [0.15, 0.2) is 34.9 Å². The van der Waals surface area contributed by atoms with Crippen molar-refractivity contribution in [1.29, 1.82) is 0 Å². The Balaban J connectivity index is 1.42. The van der Waals surface area contributed by atoms with Crippen LogP contribution in [0.1, 0.15) is 51.5 Å². The summed E-state index contributed by atoms with van der Waals surface area (Å²) in [4.78, 5) is 55.5. The fourth-order valence-corrected chi connectivity index (χ4v) is 3.98. The average molecular weight is 589 g/mol. The smallest absolute Gasteiger partial charge is 0.306 e. The number of halogens is 1. The van der Waals surface area contributed by atoms with E-state index in [1.165, 1.54) is 13.8 Å². The molecule has 204 valence electrons. The third-order valence-corrected chi connectivity index (χ3v) is 6.78. The standard InChI is InChI=1S/C26H33BrN6O5/c1-26(2,23(28)36)24(37)30-14-4-13-29-22-18(27)15-31-25(33-22)32-17-9-7-16(8-10-17)5-3-6-19(34)20-11-12-21(35)38-20/h7-10,15,20H,3-6,11-14H2,1-2H3,(H2,28,36)(H,30,37)(H2,29,31,32,33)/t20-/m0/s1.